The molecule has 17 heavy (non-hydrogen) atoms. The number of carbonyl (C=O) groups is 4. The number of ketones is 2. The molecule has 0 aliphatic heterocycles. The van der Waals surface area contributed by atoms with Crippen molar-refractivity contribution in [2.24, 2.45) is 11.8 Å². The molecule has 1 saturated carbocycles. The van der Waals surface area contributed by atoms with Crippen LogP contribution in [0.4, 0.5) is 0 Å². The summed E-state index contributed by atoms with van der Waals surface area (Å²) in [6, 6.07) is 0. The van der Waals surface area contributed by atoms with Gasteiger partial charge in [0.25, 0.3) is 0 Å². The van der Waals surface area contributed by atoms with Crippen LogP contribution >= 0.6 is 0 Å². The van der Waals surface area contributed by atoms with Gasteiger partial charge in [-0.05, 0) is 20.3 Å². The number of ether oxygens (including phenoxy) is 2. The Kier molecular flexibility index (Phi) is 4.37. The van der Waals surface area contributed by atoms with Gasteiger partial charge in [0.1, 0.15) is 11.8 Å². The second kappa shape index (κ2) is 5.56. The predicted octanol–water partition coefficient (Wildman–Crippen LogP) is -0.113. The van der Waals surface area contributed by atoms with Crippen LogP contribution in [0.3, 0.4) is 0 Å². The van der Waals surface area contributed by atoms with E-state index >= 15 is 0 Å². The molecular weight excluding hydrogens is 228 g/mol. The van der Waals surface area contributed by atoms with Crippen LogP contribution in [-0.2, 0) is 28.7 Å². The zero-order valence-electron chi connectivity index (χ0n) is 9.73. The number of hydrogen-bond donors (Lipinski definition) is 0. The minimum atomic E-state index is -1.16. The van der Waals surface area contributed by atoms with Gasteiger partial charge in [0.05, 0.1) is 13.2 Å². The van der Waals surface area contributed by atoms with Crippen LogP contribution in [0.15, 0.2) is 0 Å². The Bertz CT molecular complexity index is 325. The van der Waals surface area contributed by atoms with Crippen molar-refractivity contribution >= 4 is 23.5 Å². The number of esters is 2. The number of rotatable bonds is 4. The molecule has 0 aromatic carbocycles. The van der Waals surface area contributed by atoms with E-state index in [0.717, 1.165) is 0 Å². The number of Topliss-reactive ketones (excluding diaryl/α,β-unsaturated/α-hetero) is 2. The molecule has 0 aromatic rings. The van der Waals surface area contributed by atoms with E-state index in [1.165, 1.54) is 0 Å². The molecular formula is C11H14O6. The highest BCUT2D eigenvalue weighted by atomic mass is 16.5. The molecule has 6 heteroatoms. The van der Waals surface area contributed by atoms with Crippen LogP contribution in [0, 0.1) is 11.8 Å². The lowest BCUT2D eigenvalue weighted by Crippen LogP contribution is -2.25. The van der Waals surface area contributed by atoms with Gasteiger partial charge in [-0.2, -0.15) is 0 Å². The molecule has 0 saturated heterocycles. The molecule has 1 aliphatic carbocycles. The van der Waals surface area contributed by atoms with E-state index in [-0.39, 0.29) is 19.6 Å². The molecule has 1 rings (SSSR count). The lowest BCUT2D eigenvalue weighted by atomic mass is 10.1. The highest BCUT2D eigenvalue weighted by molar-refractivity contribution is 6.46. The van der Waals surface area contributed by atoms with Crippen molar-refractivity contribution in [1.29, 1.82) is 0 Å². The molecule has 0 aromatic heterocycles. The van der Waals surface area contributed by atoms with Gasteiger partial charge in [0, 0.05) is 0 Å². The smallest absolute Gasteiger partial charge is 0.317 e. The zero-order valence-corrected chi connectivity index (χ0v) is 9.73. The third-order valence-corrected chi connectivity index (χ3v) is 2.49. The number of hydrogen-bond acceptors (Lipinski definition) is 6. The van der Waals surface area contributed by atoms with Gasteiger partial charge in [0.2, 0.25) is 11.6 Å². The minimum Gasteiger partial charge on any atom is -0.465 e. The fourth-order valence-corrected chi connectivity index (χ4v) is 1.69. The molecule has 0 radical (unpaired) electrons. The van der Waals surface area contributed by atoms with E-state index in [4.69, 9.17) is 0 Å². The van der Waals surface area contributed by atoms with Crippen molar-refractivity contribution in [3.8, 4) is 0 Å². The standard InChI is InChI=1S/C11H14O6/c1-3-16-10(14)6-5-7(9(13)8(6)12)11(15)17-4-2/h6-7H,3-5H2,1-2H3/t6-,7-/m0/s1. The minimum absolute atomic E-state index is 0.126. The maximum atomic E-state index is 11.5. The van der Waals surface area contributed by atoms with Crippen molar-refractivity contribution in [2.75, 3.05) is 13.2 Å². The molecule has 0 heterocycles. The Hall–Kier alpha value is -1.72. The fraction of sp³-hybridized carbons (Fsp3) is 0.636. The summed E-state index contributed by atoms with van der Waals surface area (Å²) in [6.45, 7) is 3.45. The highest BCUT2D eigenvalue weighted by Crippen LogP contribution is 2.27. The lowest BCUT2D eigenvalue weighted by molar-refractivity contribution is -0.153. The first-order valence-corrected chi connectivity index (χ1v) is 5.44. The van der Waals surface area contributed by atoms with E-state index in [1.807, 2.05) is 0 Å². The normalized spacial score (nSPS) is 23.6. The molecule has 6 nitrogen and oxygen atoms in total. The maximum Gasteiger partial charge on any atom is 0.317 e. The molecule has 1 aliphatic rings. The topological polar surface area (TPSA) is 86.7 Å². The van der Waals surface area contributed by atoms with Crippen molar-refractivity contribution in [1.82, 2.24) is 0 Å². The van der Waals surface area contributed by atoms with E-state index in [9.17, 15) is 19.2 Å². The summed E-state index contributed by atoms with van der Waals surface area (Å²) in [5.74, 6) is -5.54. The summed E-state index contributed by atoms with van der Waals surface area (Å²) in [4.78, 5) is 45.7. The van der Waals surface area contributed by atoms with E-state index in [0.29, 0.717) is 0 Å². The van der Waals surface area contributed by atoms with Gasteiger partial charge < -0.3 is 9.47 Å². The van der Waals surface area contributed by atoms with Crippen LogP contribution in [0.25, 0.3) is 0 Å². The van der Waals surface area contributed by atoms with Crippen molar-refractivity contribution in [3.05, 3.63) is 0 Å². The second-order valence-corrected chi connectivity index (χ2v) is 3.57. The van der Waals surface area contributed by atoms with Crippen LogP contribution in [-0.4, -0.2) is 36.7 Å². The van der Waals surface area contributed by atoms with Crippen molar-refractivity contribution in [3.63, 3.8) is 0 Å². The highest BCUT2D eigenvalue weighted by Gasteiger charge is 2.49. The Labute approximate surface area is 98.3 Å². The first kappa shape index (κ1) is 13.3. The molecule has 0 spiro atoms. The molecule has 1 fully saturated rings. The molecule has 0 unspecified atom stereocenters. The summed E-state index contributed by atoms with van der Waals surface area (Å²) in [5.41, 5.74) is 0. The third kappa shape index (κ3) is 2.69. The monoisotopic (exact) mass is 242 g/mol. The fourth-order valence-electron chi connectivity index (χ4n) is 1.69. The first-order chi connectivity index (χ1) is 8.02. The van der Waals surface area contributed by atoms with Crippen LogP contribution < -0.4 is 0 Å². The van der Waals surface area contributed by atoms with Gasteiger partial charge in [-0.3, -0.25) is 19.2 Å². The Balaban J connectivity index is 2.75. The van der Waals surface area contributed by atoms with Gasteiger partial charge >= 0.3 is 11.9 Å². The largest absolute Gasteiger partial charge is 0.465 e. The molecule has 0 bridgehead atoms. The summed E-state index contributed by atoms with van der Waals surface area (Å²) >= 11 is 0. The summed E-state index contributed by atoms with van der Waals surface area (Å²) in [6.07, 6.45) is -0.144. The first-order valence-electron chi connectivity index (χ1n) is 5.44. The van der Waals surface area contributed by atoms with E-state index < -0.39 is 35.3 Å². The summed E-state index contributed by atoms with van der Waals surface area (Å²) in [5, 5.41) is 0. The Morgan fingerprint density at radius 2 is 1.35 bits per heavy atom. The molecule has 0 amide bonds. The maximum absolute atomic E-state index is 11.5. The van der Waals surface area contributed by atoms with Gasteiger partial charge in [0.15, 0.2) is 0 Å². The Morgan fingerprint density at radius 1 is 1.00 bits per heavy atom. The van der Waals surface area contributed by atoms with Crippen molar-refractivity contribution < 1.29 is 28.7 Å². The SMILES string of the molecule is CCOC(=O)[C@H]1C[C@H](C(=O)OCC)C(=O)C1=O. The van der Waals surface area contributed by atoms with Gasteiger partial charge in [-0.25, -0.2) is 0 Å². The van der Waals surface area contributed by atoms with E-state index in [1.54, 1.807) is 13.8 Å². The summed E-state index contributed by atoms with van der Waals surface area (Å²) < 4.78 is 9.34. The average Bonchev–Trinajstić information content (AvgIpc) is 2.57. The molecule has 0 N–H and O–H groups in total. The molecule has 2 atom stereocenters. The number of carbonyl (C=O) groups excluding carboxylic acids is 4. The van der Waals surface area contributed by atoms with Gasteiger partial charge in [-0.1, -0.05) is 0 Å². The summed E-state index contributed by atoms with van der Waals surface area (Å²) in [7, 11) is 0. The quantitative estimate of drug-likeness (QED) is 0.388. The lowest BCUT2D eigenvalue weighted by Gasteiger charge is -2.07. The van der Waals surface area contributed by atoms with Crippen LogP contribution in [0.2, 0.25) is 0 Å². The Morgan fingerprint density at radius 3 is 1.65 bits per heavy atom. The van der Waals surface area contributed by atoms with E-state index in [2.05, 4.69) is 9.47 Å². The average molecular weight is 242 g/mol. The van der Waals surface area contributed by atoms with Crippen LogP contribution in [0.1, 0.15) is 20.3 Å². The second-order valence-electron chi connectivity index (χ2n) is 3.57. The van der Waals surface area contributed by atoms with Gasteiger partial charge in [-0.15, -0.1) is 0 Å². The predicted molar refractivity (Wildman–Crippen MR) is 54.9 cm³/mol. The third-order valence-electron chi connectivity index (χ3n) is 2.49. The molecule has 94 valence electrons. The zero-order chi connectivity index (χ0) is 13.0. The van der Waals surface area contributed by atoms with Crippen LogP contribution in [0.5, 0.6) is 0 Å². The van der Waals surface area contributed by atoms with Crippen molar-refractivity contribution in [2.45, 2.75) is 20.3 Å².